The third kappa shape index (κ3) is 3.33. The first-order chi connectivity index (χ1) is 9.07. The molecule has 0 aromatic heterocycles. The van der Waals surface area contributed by atoms with E-state index in [2.05, 4.69) is 25.7 Å². The van der Waals surface area contributed by atoms with Gasteiger partial charge in [0.15, 0.2) is 0 Å². The van der Waals surface area contributed by atoms with Crippen molar-refractivity contribution in [2.45, 2.75) is 83.7 Å². The van der Waals surface area contributed by atoms with Crippen LogP contribution in [0, 0.1) is 11.8 Å². The molecular weight excluding hydrogens is 232 g/mol. The van der Waals surface area contributed by atoms with E-state index in [1.54, 1.807) is 0 Å². The summed E-state index contributed by atoms with van der Waals surface area (Å²) in [6.07, 6.45) is 11.0. The number of likely N-dealkylation sites (tertiary alicyclic amines) is 1. The fraction of sp³-hybridized carbons (Fsp3) is 1.00. The van der Waals surface area contributed by atoms with Crippen molar-refractivity contribution in [1.82, 2.24) is 4.90 Å². The van der Waals surface area contributed by atoms with Crippen molar-refractivity contribution in [2.24, 2.45) is 17.6 Å². The minimum atomic E-state index is 0.176. The van der Waals surface area contributed by atoms with Crippen molar-refractivity contribution in [1.29, 1.82) is 0 Å². The van der Waals surface area contributed by atoms with Gasteiger partial charge in [-0.15, -0.1) is 0 Å². The zero-order chi connectivity index (χ0) is 13.9. The van der Waals surface area contributed by atoms with E-state index in [1.165, 1.54) is 64.5 Å². The molecular formula is C17H34N2. The Morgan fingerprint density at radius 2 is 1.68 bits per heavy atom. The van der Waals surface area contributed by atoms with Crippen LogP contribution >= 0.6 is 0 Å². The van der Waals surface area contributed by atoms with Crippen LogP contribution in [0.4, 0.5) is 0 Å². The van der Waals surface area contributed by atoms with Crippen molar-refractivity contribution in [3.63, 3.8) is 0 Å². The van der Waals surface area contributed by atoms with E-state index in [4.69, 9.17) is 5.73 Å². The molecule has 2 aliphatic rings. The normalized spacial score (nSPS) is 32.2. The predicted octanol–water partition coefficient (Wildman–Crippen LogP) is 3.79. The monoisotopic (exact) mass is 266 g/mol. The maximum absolute atomic E-state index is 6.78. The molecule has 3 unspecified atom stereocenters. The first-order valence-electron chi connectivity index (χ1n) is 8.58. The molecule has 2 nitrogen and oxygen atoms in total. The Balaban J connectivity index is 2.04. The second-order valence-corrected chi connectivity index (χ2v) is 7.34. The molecule has 0 amide bonds. The molecule has 0 aromatic carbocycles. The second kappa shape index (κ2) is 6.58. The molecule has 0 spiro atoms. The van der Waals surface area contributed by atoms with Gasteiger partial charge in [-0.3, -0.25) is 4.90 Å². The first-order valence-corrected chi connectivity index (χ1v) is 8.58. The summed E-state index contributed by atoms with van der Waals surface area (Å²) in [5.41, 5.74) is 6.96. The van der Waals surface area contributed by atoms with Crippen LogP contribution in [0.1, 0.15) is 72.1 Å². The summed E-state index contributed by atoms with van der Waals surface area (Å²) < 4.78 is 0. The molecule has 1 saturated heterocycles. The first kappa shape index (κ1) is 15.3. The van der Waals surface area contributed by atoms with Gasteiger partial charge in [0.25, 0.3) is 0 Å². The number of rotatable bonds is 4. The maximum atomic E-state index is 6.78. The van der Waals surface area contributed by atoms with Gasteiger partial charge in [0.2, 0.25) is 0 Å². The van der Waals surface area contributed by atoms with E-state index in [-0.39, 0.29) is 5.54 Å². The summed E-state index contributed by atoms with van der Waals surface area (Å²) in [6.45, 7) is 9.65. The molecule has 0 radical (unpaired) electrons. The quantitative estimate of drug-likeness (QED) is 0.838. The van der Waals surface area contributed by atoms with Crippen molar-refractivity contribution < 1.29 is 0 Å². The summed E-state index contributed by atoms with van der Waals surface area (Å²) in [4.78, 5) is 2.67. The zero-order valence-corrected chi connectivity index (χ0v) is 13.3. The van der Waals surface area contributed by atoms with Crippen LogP contribution in [0.25, 0.3) is 0 Å². The third-order valence-corrected chi connectivity index (χ3v) is 5.94. The molecule has 1 aliphatic carbocycles. The van der Waals surface area contributed by atoms with Crippen LogP contribution in [0.15, 0.2) is 0 Å². The average molecular weight is 266 g/mol. The lowest BCUT2D eigenvalue weighted by Crippen LogP contribution is -2.61. The summed E-state index contributed by atoms with van der Waals surface area (Å²) in [5.74, 6) is 1.61. The van der Waals surface area contributed by atoms with Gasteiger partial charge in [-0.05, 0) is 58.0 Å². The summed E-state index contributed by atoms with van der Waals surface area (Å²) >= 11 is 0. The highest BCUT2D eigenvalue weighted by molar-refractivity contribution is 4.98. The Bertz CT molecular complexity index is 268. The molecule has 1 heterocycles. The summed E-state index contributed by atoms with van der Waals surface area (Å²) in [7, 11) is 0. The molecule has 2 rings (SSSR count). The Morgan fingerprint density at radius 1 is 1.05 bits per heavy atom. The van der Waals surface area contributed by atoms with Crippen LogP contribution in [-0.2, 0) is 0 Å². The van der Waals surface area contributed by atoms with Gasteiger partial charge in [0.05, 0.1) is 0 Å². The molecule has 2 N–H and O–H groups in total. The lowest BCUT2D eigenvalue weighted by Gasteiger charge is -2.49. The number of hydrogen-bond donors (Lipinski definition) is 1. The zero-order valence-electron chi connectivity index (χ0n) is 13.3. The van der Waals surface area contributed by atoms with Gasteiger partial charge in [-0.2, -0.15) is 0 Å². The highest BCUT2D eigenvalue weighted by Crippen LogP contribution is 2.38. The summed E-state index contributed by atoms with van der Waals surface area (Å²) in [6, 6.07) is 0.343. The van der Waals surface area contributed by atoms with E-state index in [9.17, 15) is 0 Å². The number of nitrogens with two attached hydrogens (primary N) is 1. The van der Waals surface area contributed by atoms with Crippen LogP contribution in [0.5, 0.6) is 0 Å². The Kier molecular flexibility index (Phi) is 5.30. The number of hydrogen-bond acceptors (Lipinski definition) is 2. The van der Waals surface area contributed by atoms with Crippen molar-refractivity contribution in [2.75, 3.05) is 13.1 Å². The van der Waals surface area contributed by atoms with E-state index in [0.717, 1.165) is 11.8 Å². The number of nitrogens with zero attached hydrogens (tertiary/aromatic N) is 1. The highest BCUT2D eigenvalue weighted by atomic mass is 15.2. The van der Waals surface area contributed by atoms with Gasteiger partial charge < -0.3 is 5.73 Å². The third-order valence-electron chi connectivity index (χ3n) is 5.94. The van der Waals surface area contributed by atoms with Crippen molar-refractivity contribution in [3.8, 4) is 0 Å². The Hall–Kier alpha value is -0.0800. The second-order valence-electron chi connectivity index (χ2n) is 7.34. The molecule has 0 bridgehead atoms. The fourth-order valence-corrected chi connectivity index (χ4v) is 4.42. The van der Waals surface area contributed by atoms with E-state index < -0.39 is 0 Å². The van der Waals surface area contributed by atoms with Crippen molar-refractivity contribution >= 4 is 0 Å². The Labute approximate surface area is 120 Å². The van der Waals surface area contributed by atoms with Crippen LogP contribution in [0.2, 0.25) is 0 Å². The molecule has 1 aliphatic heterocycles. The minimum absolute atomic E-state index is 0.176. The summed E-state index contributed by atoms with van der Waals surface area (Å²) in [5, 5.41) is 0. The fourth-order valence-electron chi connectivity index (χ4n) is 4.42. The standard InChI is InChI=1S/C17H34N2/c1-4-14-10-6-7-11-15(14)16(18)17(2,3)19-12-8-5-9-13-19/h14-16H,4-13,18H2,1-3H3. The van der Waals surface area contributed by atoms with E-state index >= 15 is 0 Å². The van der Waals surface area contributed by atoms with Crippen LogP contribution in [-0.4, -0.2) is 29.6 Å². The topological polar surface area (TPSA) is 29.3 Å². The van der Waals surface area contributed by atoms with Gasteiger partial charge in [0, 0.05) is 11.6 Å². The van der Waals surface area contributed by atoms with E-state index in [0.29, 0.717) is 6.04 Å². The molecule has 1 saturated carbocycles. The van der Waals surface area contributed by atoms with Gasteiger partial charge in [-0.25, -0.2) is 0 Å². The smallest absolute Gasteiger partial charge is 0.0306 e. The van der Waals surface area contributed by atoms with Crippen molar-refractivity contribution in [3.05, 3.63) is 0 Å². The van der Waals surface area contributed by atoms with Gasteiger partial charge >= 0.3 is 0 Å². The molecule has 2 fully saturated rings. The lowest BCUT2D eigenvalue weighted by atomic mass is 9.69. The number of piperidine rings is 1. The largest absolute Gasteiger partial charge is 0.326 e. The lowest BCUT2D eigenvalue weighted by molar-refractivity contribution is 0.0316. The molecule has 2 heteroatoms. The highest BCUT2D eigenvalue weighted by Gasteiger charge is 2.40. The molecule has 19 heavy (non-hydrogen) atoms. The van der Waals surface area contributed by atoms with Crippen LogP contribution in [0.3, 0.4) is 0 Å². The average Bonchev–Trinajstić information content (AvgIpc) is 2.47. The van der Waals surface area contributed by atoms with E-state index in [1.807, 2.05) is 0 Å². The molecule has 0 aromatic rings. The molecule has 3 atom stereocenters. The molecule has 112 valence electrons. The Morgan fingerprint density at radius 3 is 2.32 bits per heavy atom. The predicted molar refractivity (Wildman–Crippen MR) is 83.2 cm³/mol. The van der Waals surface area contributed by atoms with Gasteiger partial charge in [-0.1, -0.05) is 39.0 Å². The van der Waals surface area contributed by atoms with Gasteiger partial charge in [0.1, 0.15) is 0 Å². The minimum Gasteiger partial charge on any atom is -0.326 e. The maximum Gasteiger partial charge on any atom is 0.0306 e. The SMILES string of the molecule is CCC1CCCCC1C(N)C(C)(C)N1CCCCC1. The van der Waals surface area contributed by atoms with Crippen LogP contribution < -0.4 is 5.73 Å².